The summed E-state index contributed by atoms with van der Waals surface area (Å²) in [6.07, 6.45) is 1.87. The smallest absolute Gasteiger partial charge is 0.148 e. The number of phenolic OH excluding ortho intramolecular Hbond substituents is 1. The average molecular weight is 1040 g/mol. The normalized spacial score (nSPS) is 12.3. The fourth-order valence-electron chi connectivity index (χ4n) is 9.06. The molecule has 6 heteroatoms. The van der Waals surface area contributed by atoms with Crippen LogP contribution in [0.1, 0.15) is 79.0 Å². The van der Waals surface area contributed by atoms with E-state index in [9.17, 15) is 5.11 Å². The number of fused-ring (bicyclic) bond motifs is 4. The number of phenols is 1. The molecule has 3 aromatic heterocycles. The Morgan fingerprint density at radius 2 is 1.23 bits per heavy atom. The number of rotatable bonds is 6. The molecule has 0 amide bonds. The Balaban J connectivity index is 0.00000548. The Hall–Kier alpha value is -6.55. The molecule has 332 valence electrons. The van der Waals surface area contributed by atoms with Crippen molar-refractivity contribution < 1.29 is 30.6 Å². The number of furan rings is 1. The maximum absolute atomic E-state index is 12.6. The van der Waals surface area contributed by atoms with Gasteiger partial charge in [0.1, 0.15) is 17.2 Å². The minimum atomic E-state index is -0.347. The number of imidazole rings is 1. The van der Waals surface area contributed by atoms with E-state index in [0.29, 0.717) is 11.4 Å². The van der Waals surface area contributed by atoms with Crippen LogP contribution >= 0.6 is 0 Å². The Labute approximate surface area is 402 Å². The number of nitrogens with zero attached hydrogens (tertiary/aromatic N) is 3. The number of aromatic nitrogens is 3. The third-order valence-corrected chi connectivity index (χ3v) is 12.7. The van der Waals surface area contributed by atoms with E-state index >= 15 is 0 Å². The van der Waals surface area contributed by atoms with Crippen molar-refractivity contribution in [1.82, 2.24) is 14.5 Å². The van der Waals surface area contributed by atoms with Crippen LogP contribution in [0.2, 0.25) is 0 Å². The van der Waals surface area contributed by atoms with E-state index in [-0.39, 0.29) is 43.1 Å². The predicted octanol–water partition coefficient (Wildman–Crippen LogP) is 16.1. The zero-order valence-electron chi connectivity index (χ0n) is 39.0. The number of benzene rings is 7. The van der Waals surface area contributed by atoms with E-state index in [1.54, 1.807) is 0 Å². The second kappa shape index (κ2) is 16.7. The van der Waals surface area contributed by atoms with Crippen molar-refractivity contribution in [3.8, 4) is 67.5 Å². The van der Waals surface area contributed by atoms with Gasteiger partial charge < -0.3 is 9.52 Å². The van der Waals surface area contributed by atoms with Crippen LogP contribution in [0.3, 0.4) is 0 Å². The van der Waals surface area contributed by atoms with Crippen LogP contribution < -0.4 is 0 Å². The van der Waals surface area contributed by atoms with Crippen LogP contribution in [0.5, 0.6) is 5.75 Å². The van der Waals surface area contributed by atoms with Crippen LogP contribution in [0.4, 0.5) is 0 Å². The second-order valence-electron chi connectivity index (χ2n) is 20.4. The number of pyridine rings is 1. The van der Waals surface area contributed by atoms with Crippen molar-refractivity contribution in [1.29, 1.82) is 0 Å². The maximum Gasteiger partial charge on any atom is 0.148 e. The number of aromatic hydroxyl groups is 1. The Kier molecular flexibility index (Phi) is 11.3. The van der Waals surface area contributed by atoms with Gasteiger partial charge in [-0.3, -0.25) is 9.55 Å². The molecule has 0 aliphatic rings. The standard InChI is InChI=1S/C60H54N3O2.Pt/c1-58(2,3)41-27-28-51(45(34-41)38-21-14-11-15-22-38)63-52-25-18-24-44(54(52)62-57(63)48-35-42(59(4,5)6)36-49(55(48)64)60(7,8)9)47-32-40(31-46-43-23-16-17-26-53(43)65-56(46)47)50-33-39(29-30-61-50)37-19-12-10-13-20-37;/h10-31,33-36,64H,1-9H3;/q-1;. The summed E-state index contributed by atoms with van der Waals surface area (Å²) in [5, 5.41) is 14.6. The Morgan fingerprint density at radius 1 is 0.561 bits per heavy atom. The number of hydrogen-bond donors (Lipinski definition) is 1. The van der Waals surface area contributed by atoms with Gasteiger partial charge >= 0.3 is 0 Å². The van der Waals surface area contributed by atoms with Crippen LogP contribution in [0, 0.1) is 6.07 Å². The van der Waals surface area contributed by atoms with Gasteiger partial charge in [-0.15, -0.1) is 12.1 Å². The molecular formula is C60H54N3O2Pt-. The van der Waals surface area contributed by atoms with Gasteiger partial charge in [-0.25, -0.2) is 4.98 Å². The van der Waals surface area contributed by atoms with Crippen LogP contribution in [0.15, 0.2) is 162 Å². The van der Waals surface area contributed by atoms with Gasteiger partial charge in [0.15, 0.2) is 0 Å². The summed E-state index contributed by atoms with van der Waals surface area (Å²) in [4.78, 5) is 10.6. The Bertz CT molecular complexity index is 3430. The van der Waals surface area contributed by atoms with Gasteiger partial charge in [0.25, 0.3) is 0 Å². The molecule has 0 aliphatic heterocycles. The topological polar surface area (TPSA) is 64.1 Å². The van der Waals surface area contributed by atoms with E-state index in [1.807, 2.05) is 30.5 Å². The fourth-order valence-corrected chi connectivity index (χ4v) is 9.06. The largest absolute Gasteiger partial charge is 0.507 e. The molecule has 0 radical (unpaired) electrons. The second-order valence-corrected chi connectivity index (χ2v) is 20.4. The molecular weight excluding hydrogens is 990 g/mol. The molecule has 0 bridgehead atoms. The van der Waals surface area contributed by atoms with Gasteiger partial charge in [0, 0.05) is 49.5 Å². The molecule has 0 saturated heterocycles. The van der Waals surface area contributed by atoms with Gasteiger partial charge in [0.2, 0.25) is 0 Å². The predicted molar refractivity (Wildman–Crippen MR) is 270 cm³/mol. The molecule has 0 spiro atoms. The molecule has 0 atom stereocenters. The molecule has 5 nitrogen and oxygen atoms in total. The summed E-state index contributed by atoms with van der Waals surface area (Å²) in [6, 6.07) is 56.8. The summed E-state index contributed by atoms with van der Waals surface area (Å²) < 4.78 is 9.05. The summed E-state index contributed by atoms with van der Waals surface area (Å²) in [5.41, 5.74) is 15.1. The summed E-state index contributed by atoms with van der Waals surface area (Å²) in [5.74, 6) is 0.880. The summed E-state index contributed by atoms with van der Waals surface area (Å²) in [6.45, 7) is 19.9. The van der Waals surface area contributed by atoms with Gasteiger partial charge in [-0.05, 0) is 85.8 Å². The molecule has 0 unspecified atom stereocenters. The van der Waals surface area contributed by atoms with Crippen LogP contribution in [-0.2, 0) is 37.3 Å². The SMILES string of the molecule is CC(C)(C)c1ccc(-n2c(-c3cc(C(C)(C)C)cc(C(C)(C)C)c3O)nc3c(-c4[c-]c(-c5cc(-c6ccccc6)ccn5)cc5c4oc4ccccc45)cccc32)c(-c2ccccc2)c1.[Pt]. The first-order valence-corrected chi connectivity index (χ1v) is 22.5. The molecule has 10 aromatic rings. The number of para-hydroxylation sites is 2. The van der Waals surface area contributed by atoms with Crippen molar-refractivity contribution >= 4 is 33.0 Å². The first-order valence-electron chi connectivity index (χ1n) is 22.5. The molecule has 66 heavy (non-hydrogen) atoms. The average Bonchev–Trinajstić information content (AvgIpc) is 3.87. The van der Waals surface area contributed by atoms with Crippen molar-refractivity contribution in [3.63, 3.8) is 0 Å². The monoisotopic (exact) mass is 1040 g/mol. The van der Waals surface area contributed by atoms with Gasteiger partial charge in [-0.1, -0.05) is 188 Å². The first-order chi connectivity index (χ1) is 31.0. The summed E-state index contributed by atoms with van der Waals surface area (Å²) >= 11 is 0. The van der Waals surface area contributed by atoms with Crippen molar-refractivity contribution in [2.24, 2.45) is 0 Å². The molecule has 1 N–H and O–H groups in total. The van der Waals surface area contributed by atoms with E-state index in [4.69, 9.17) is 14.4 Å². The number of hydrogen-bond acceptors (Lipinski definition) is 4. The first kappa shape index (κ1) is 44.6. The van der Waals surface area contributed by atoms with Gasteiger partial charge in [-0.2, -0.15) is 0 Å². The van der Waals surface area contributed by atoms with Crippen LogP contribution in [0.25, 0.3) is 94.7 Å². The molecule has 0 fully saturated rings. The molecule has 0 saturated carbocycles. The third-order valence-electron chi connectivity index (χ3n) is 12.7. The quantitative estimate of drug-likeness (QED) is 0.169. The van der Waals surface area contributed by atoms with E-state index < -0.39 is 0 Å². The fraction of sp³-hybridized carbons (Fsp3) is 0.200. The van der Waals surface area contributed by atoms with Crippen molar-refractivity contribution in [3.05, 3.63) is 181 Å². The van der Waals surface area contributed by atoms with Crippen molar-refractivity contribution in [2.45, 2.75) is 78.6 Å². The zero-order chi connectivity index (χ0) is 45.4. The minimum absolute atomic E-state index is 0. The molecule has 0 aliphatic carbocycles. The maximum atomic E-state index is 12.6. The third kappa shape index (κ3) is 7.98. The van der Waals surface area contributed by atoms with Crippen LogP contribution in [-0.4, -0.2) is 19.6 Å². The van der Waals surface area contributed by atoms with E-state index in [1.165, 1.54) is 5.56 Å². The minimum Gasteiger partial charge on any atom is -0.507 e. The van der Waals surface area contributed by atoms with E-state index in [0.717, 1.165) is 94.4 Å². The van der Waals surface area contributed by atoms with Crippen molar-refractivity contribution in [2.75, 3.05) is 0 Å². The molecule has 7 aromatic carbocycles. The van der Waals surface area contributed by atoms with E-state index in [2.05, 4.69) is 200 Å². The summed E-state index contributed by atoms with van der Waals surface area (Å²) in [7, 11) is 0. The Morgan fingerprint density at radius 3 is 1.92 bits per heavy atom. The molecule has 3 heterocycles. The van der Waals surface area contributed by atoms with Gasteiger partial charge in [0.05, 0.1) is 27.9 Å². The molecule has 10 rings (SSSR count). The zero-order valence-corrected chi connectivity index (χ0v) is 41.3.